The van der Waals surface area contributed by atoms with Crippen LogP contribution in [0.5, 0.6) is 0 Å². The van der Waals surface area contributed by atoms with Crippen molar-refractivity contribution in [2.45, 2.75) is 26.3 Å². The Morgan fingerprint density at radius 2 is 2.23 bits per heavy atom. The highest BCUT2D eigenvalue weighted by molar-refractivity contribution is 8.14. The molecular formula is C15H16N2O3S2. The lowest BCUT2D eigenvalue weighted by Crippen LogP contribution is -2.45. The van der Waals surface area contributed by atoms with Crippen molar-refractivity contribution in [3.8, 4) is 0 Å². The minimum atomic E-state index is -0.430. The number of amidine groups is 1. The predicted octanol–water partition coefficient (Wildman–Crippen LogP) is 2.88. The van der Waals surface area contributed by atoms with Crippen LogP contribution in [-0.4, -0.2) is 34.8 Å². The molecule has 2 aliphatic rings. The van der Waals surface area contributed by atoms with E-state index in [0.29, 0.717) is 22.9 Å². The molecule has 3 rings (SSSR count). The summed E-state index contributed by atoms with van der Waals surface area (Å²) >= 11 is 3.10. The molecule has 1 amide bonds. The smallest absolute Gasteiger partial charge is 0.338 e. The van der Waals surface area contributed by atoms with Gasteiger partial charge in [-0.25, -0.2) is 9.79 Å². The zero-order chi connectivity index (χ0) is 15.9. The van der Waals surface area contributed by atoms with Crippen LogP contribution in [0.1, 0.15) is 29.8 Å². The minimum Gasteiger partial charge on any atom is -0.466 e. The van der Waals surface area contributed by atoms with Gasteiger partial charge in [-0.2, -0.15) is 0 Å². The highest BCUT2D eigenvalue weighted by Crippen LogP contribution is 2.42. The summed E-state index contributed by atoms with van der Waals surface area (Å²) in [4.78, 5) is 31.9. The zero-order valence-electron chi connectivity index (χ0n) is 12.6. The lowest BCUT2D eigenvalue weighted by molar-refractivity contribution is -0.137. The number of nitrogens with zero attached hydrogens (tertiary/aromatic N) is 2. The van der Waals surface area contributed by atoms with Crippen LogP contribution in [0.4, 0.5) is 0 Å². The van der Waals surface area contributed by atoms with Gasteiger partial charge in [0.1, 0.15) is 6.04 Å². The van der Waals surface area contributed by atoms with E-state index in [1.807, 2.05) is 18.4 Å². The fourth-order valence-electron chi connectivity index (χ4n) is 2.68. The Bertz CT molecular complexity index is 705. The maximum absolute atomic E-state index is 12.5. The molecule has 1 saturated heterocycles. The van der Waals surface area contributed by atoms with Gasteiger partial charge in [-0.1, -0.05) is 11.8 Å². The van der Waals surface area contributed by atoms with Crippen LogP contribution in [0.25, 0.3) is 0 Å². The van der Waals surface area contributed by atoms with E-state index in [9.17, 15) is 9.59 Å². The van der Waals surface area contributed by atoms with E-state index in [1.165, 1.54) is 7.11 Å². The van der Waals surface area contributed by atoms with Crippen molar-refractivity contribution in [1.82, 2.24) is 4.90 Å². The Balaban J connectivity index is 2.19. The van der Waals surface area contributed by atoms with E-state index in [4.69, 9.17) is 4.74 Å². The first kappa shape index (κ1) is 15.3. The second-order valence-corrected chi connectivity index (χ2v) is 7.13. The number of rotatable bonds is 2. The van der Waals surface area contributed by atoms with Gasteiger partial charge in [0, 0.05) is 17.1 Å². The molecule has 0 aliphatic carbocycles. The standard InChI is InChI=1S/C15H16N2O3S2/c1-8-4-6-21-13(8)12-11(14(19)20-3)9(2)16-15-17(12)10(18)5-7-22-15/h4,6,12H,5,7H2,1-3H3/t12-/m0/s1. The first-order valence-electron chi connectivity index (χ1n) is 6.91. The third-order valence-corrected chi connectivity index (χ3v) is 5.79. The van der Waals surface area contributed by atoms with Crippen molar-refractivity contribution >= 4 is 40.1 Å². The number of aryl methyl sites for hydroxylation is 1. The molecule has 1 aromatic heterocycles. The van der Waals surface area contributed by atoms with Crippen LogP contribution < -0.4 is 0 Å². The molecule has 22 heavy (non-hydrogen) atoms. The number of thioether (sulfide) groups is 1. The third kappa shape index (κ3) is 2.38. The summed E-state index contributed by atoms with van der Waals surface area (Å²) in [5, 5.41) is 2.65. The van der Waals surface area contributed by atoms with Crippen molar-refractivity contribution in [2.24, 2.45) is 4.99 Å². The molecular weight excluding hydrogens is 320 g/mol. The topological polar surface area (TPSA) is 59.0 Å². The van der Waals surface area contributed by atoms with E-state index in [-0.39, 0.29) is 5.91 Å². The van der Waals surface area contributed by atoms with Gasteiger partial charge in [0.05, 0.1) is 18.4 Å². The van der Waals surface area contributed by atoms with Gasteiger partial charge in [-0.05, 0) is 30.9 Å². The van der Waals surface area contributed by atoms with Gasteiger partial charge >= 0.3 is 5.97 Å². The normalized spacial score (nSPS) is 21.6. The SMILES string of the molecule is COC(=O)C1=C(C)N=C2SCCC(=O)N2[C@@H]1c1sccc1C. The summed E-state index contributed by atoms with van der Waals surface area (Å²) in [5.41, 5.74) is 2.14. The van der Waals surface area contributed by atoms with Gasteiger partial charge in [-0.3, -0.25) is 9.69 Å². The lowest BCUT2D eigenvalue weighted by Gasteiger charge is -2.38. The fourth-order valence-corrected chi connectivity index (χ4v) is 4.71. The molecule has 3 heterocycles. The monoisotopic (exact) mass is 336 g/mol. The van der Waals surface area contributed by atoms with Crippen LogP contribution in [0, 0.1) is 6.92 Å². The van der Waals surface area contributed by atoms with Crippen LogP contribution in [0.15, 0.2) is 27.7 Å². The highest BCUT2D eigenvalue weighted by Gasteiger charge is 2.42. The highest BCUT2D eigenvalue weighted by atomic mass is 32.2. The minimum absolute atomic E-state index is 0.00389. The Morgan fingerprint density at radius 3 is 2.86 bits per heavy atom. The van der Waals surface area contributed by atoms with Crippen LogP contribution in [-0.2, 0) is 14.3 Å². The fraction of sp³-hybridized carbons (Fsp3) is 0.400. The maximum Gasteiger partial charge on any atom is 0.338 e. The average Bonchev–Trinajstić information content (AvgIpc) is 2.91. The summed E-state index contributed by atoms with van der Waals surface area (Å²) in [6.45, 7) is 3.79. The number of aliphatic imine (C=N–C) groups is 1. The number of allylic oxidation sites excluding steroid dienone is 1. The van der Waals surface area contributed by atoms with Crippen molar-refractivity contribution in [2.75, 3.05) is 12.9 Å². The summed E-state index contributed by atoms with van der Waals surface area (Å²) in [6, 6.07) is 1.57. The molecule has 1 aromatic rings. The molecule has 0 aromatic carbocycles. The summed E-state index contributed by atoms with van der Waals surface area (Å²) in [7, 11) is 1.35. The molecule has 2 aliphatic heterocycles. The van der Waals surface area contributed by atoms with Gasteiger partial charge in [-0.15, -0.1) is 11.3 Å². The molecule has 0 saturated carbocycles. The van der Waals surface area contributed by atoms with E-state index in [2.05, 4.69) is 4.99 Å². The van der Waals surface area contributed by atoms with Crippen molar-refractivity contribution < 1.29 is 14.3 Å². The van der Waals surface area contributed by atoms with Gasteiger partial charge in [0.25, 0.3) is 0 Å². The van der Waals surface area contributed by atoms with E-state index in [0.717, 1.165) is 16.2 Å². The maximum atomic E-state index is 12.5. The van der Waals surface area contributed by atoms with Crippen LogP contribution in [0.3, 0.4) is 0 Å². The number of hydrogen-bond donors (Lipinski definition) is 0. The number of fused-ring (bicyclic) bond motifs is 1. The zero-order valence-corrected chi connectivity index (χ0v) is 14.2. The first-order chi connectivity index (χ1) is 10.5. The average molecular weight is 336 g/mol. The number of methoxy groups -OCH3 is 1. The largest absolute Gasteiger partial charge is 0.466 e. The summed E-state index contributed by atoms with van der Waals surface area (Å²) in [5.74, 6) is 0.302. The molecule has 0 unspecified atom stereocenters. The second-order valence-electron chi connectivity index (χ2n) is 5.12. The number of carbonyl (C=O) groups excluding carboxylic acids is 2. The number of hydrogen-bond acceptors (Lipinski definition) is 6. The molecule has 5 nitrogen and oxygen atoms in total. The molecule has 116 valence electrons. The quantitative estimate of drug-likeness (QED) is 0.779. The van der Waals surface area contributed by atoms with Crippen molar-refractivity contribution in [1.29, 1.82) is 0 Å². The molecule has 0 spiro atoms. The summed E-state index contributed by atoms with van der Waals surface area (Å²) < 4.78 is 4.94. The first-order valence-corrected chi connectivity index (χ1v) is 8.77. The Kier molecular flexibility index (Phi) is 4.10. The number of thiophene rings is 1. The Morgan fingerprint density at radius 1 is 1.45 bits per heavy atom. The Labute approximate surface area is 137 Å². The van der Waals surface area contributed by atoms with Crippen LogP contribution >= 0.6 is 23.1 Å². The Hall–Kier alpha value is -1.60. The number of amides is 1. The predicted molar refractivity (Wildman–Crippen MR) is 87.9 cm³/mol. The number of carbonyl (C=O) groups is 2. The molecule has 0 N–H and O–H groups in total. The molecule has 0 radical (unpaired) electrons. The van der Waals surface area contributed by atoms with Crippen molar-refractivity contribution in [3.05, 3.63) is 33.2 Å². The summed E-state index contributed by atoms with van der Waals surface area (Å²) in [6.07, 6.45) is 0.456. The number of ether oxygens (including phenoxy) is 1. The molecule has 1 fully saturated rings. The van der Waals surface area contributed by atoms with Gasteiger partial charge in [0.15, 0.2) is 5.17 Å². The molecule has 7 heteroatoms. The van der Waals surface area contributed by atoms with Gasteiger partial charge < -0.3 is 4.74 Å². The lowest BCUT2D eigenvalue weighted by atomic mass is 9.98. The van der Waals surface area contributed by atoms with E-state index in [1.54, 1.807) is 34.9 Å². The second kappa shape index (κ2) is 5.89. The molecule has 0 bridgehead atoms. The molecule has 1 atom stereocenters. The van der Waals surface area contributed by atoms with Crippen LogP contribution in [0.2, 0.25) is 0 Å². The van der Waals surface area contributed by atoms with E-state index < -0.39 is 12.0 Å². The van der Waals surface area contributed by atoms with E-state index >= 15 is 0 Å². The van der Waals surface area contributed by atoms with Gasteiger partial charge in [0.2, 0.25) is 5.91 Å². The van der Waals surface area contributed by atoms with Crippen molar-refractivity contribution in [3.63, 3.8) is 0 Å². The third-order valence-electron chi connectivity index (χ3n) is 3.76. The number of esters is 1.